The average Bonchev–Trinajstić information content (AvgIpc) is 2.82. The summed E-state index contributed by atoms with van der Waals surface area (Å²) in [5.74, 6) is 1.16. The van der Waals surface area contributed by atoms with E-state index in [-0.39, 0.29) is 6.61 Å². The van der Waals surface area contributed by atoms with Crippen LogP contribution in [0.2, 0.25) is 0 Å². The van der Waals surface area contributed by atoms with Crippen LogP contribution in [0.4, 0.5) is 5.69 Å². The predicted molar refractivity (Wildman–Crippen MR) is 120 cm³/mol. The Morgan fingerprint density at radius 1 is 0.903 bits per heavy atom. The van der Waals surface area contributed by atoms with Crippen molar-refractivity contribution in [3.63, 3.8) is 0 Å². The second-order valence-corrected chi connectivity index (χ2v) is 6.44. The van der Waals surface area contributed by atoms with Gasteiger partial charge in [0.15, 0.2) is 5.76 Å². The van der Waals surface area contributed by atoms with Crippen molar-refractivity contribution in [1.82, 2.24) is 0 Å². The van der Waals surface area contributed by atoms with E-state index in [0.717, 1.165) is 16.8 Å². The molecular weight excluding hydrogens is 394 g/mol. The first kappa shape index (κ1) is 21.8. The van der Waals surface area contributed by atoms with E-state index in [1.165, 1.54) is 7.11 Å². The summed E-state index contributed by atoms with van der Waals surface area (Å²) in [4.78, 5) is 25.9. The Balaban J connectivity index is 1.58. The molecule has 0 aliphatic carbocycles. The fourth-order valence-corrected chi connectivity index (χ4v) is 2.74. The summed E-state index contributed by atoms with van der Waals surface area (Å²) < 4.78 is 11.1. The Hall–Kier alpha value is -3.90. The SMILES string of the molecule is C=Nc1ccc(-c2ccc(OC(=O)c3ccc(OCC(=CC)OOC)cc3)cc2)cc1. The summed E-state index contributed by atoms with van der Waals surface area (Å²) in [7, 11) is 1.43. The summed E-state index contributed by atoms with van der Waals surface area (Å²) in [5.41, 5.74) is 3.28. The zero-order chi connectivity index (χ0) is 22.1. The molecule has 31 heavy (non-hydrogen) atoms. The maximum Gasteiger partial charge on any atom is 0.343 e. The molecule has 0 atom stereocenters. The first-order valence-corrected chi connectivity index (χ1v) is 9.61. The lowest BCUT2D eigenvalue weighted by molar-refractivity contribution is -0.241. The number of aliphatic imine (C=N–C) groups is 1. The highest BCUT2D eigenvalue weighted by molar-refractivity contribution is 5.91. The number of ether oxygens (including phenoxy) is 2. The molecule has 0 saturated heterocycles. The number of hydrogen-bond acceptors (Lipinski definition) is 6. The Morgan fingerprint density at radius 3 is 2.03 bits per heavy atom. The van der Waals surface area contributed by atoms with Gasteiger partial charge in [-0.2, -0.15) is 4.89 Å². The molecule has 3 rings (SSSR count). The lowest BCUT2D eigenvalue weighted by Gasteiger charge is -2.09. The van der Waals surface area contributed by atoms with Crippen molar-refractivity contribution in [2.75, 3.05) is 13.7 Å². The minimum atomic E-state index is -0.447. The largest absolute Gasteiger partial charge is 0.486 e. The Morgan fingerprint density at radius 2 is 1.48 bits per heavy atom. The quantitative estimate of drug-likeness (QED) is 0.110. The third kappa shape index (κ3) is 6.04. The van der Waals surface area contributed by atoms with Gasteiger partial charge in [0.2, 0.25) is 0 Å². The van der Waals surface area contributed by atoms with Crippen molar-refractivity contribution < 1.29 is 24.0 Å². The predicted octanol–water partition coefficient (Wildman–Crippen LogP) is 5.77. The van der Waals surface area contributed by atoms with Crippen LogP contribution in [0.25, 0.3) is 11.1 Å². The molecule has 0 radical (unpaired) electrons. The Labute approximate surface area is 181 Å². The zero-order valence-corrected chi connectivity index (χ0v) is 17.4. The van der Waals surface area contributed by atoms with Gasteiger partial charge in [-0.1, -0.05) is 24.3 Å². The molecular formula is C25H23NO5. The molecule has 0 aliphatic heterocycles. The summed E-state index contributed by atoms with van der Waals surface area (Å²) in [5, 5.41) is 0. The third-order valence-corrected chi connectivity index (χ3v) is 4.43. The number of allylic oxidation sites excluding steroid dienone is 1. The van der Waals surface area contributed by atoms with Gasteiger partial charge >= 0.3 is 5.97 Å². The number of nitrogens with zero attached hydrogens (tertiary/aromatic N) is 1. The van der Waals surface area contributed by atoms with E-state index >= 15 is 0 Å². The standard InChI is InChI=1S/C25H23NO5/c1-4-22(31-28-3)17-29-23-13-9-20(10-14-23)25(27)30-24-15-7-19(8-16-24)18-5-11-21(26-2)12-6-18/h4-16H,2,17H2,1,3H3. The summed E-state index contributed by atoms with van der Waals surface area (Å²) in [6, 6.07) is 21.7. The van der Waals surface area contributed by atoms with E-state index in [1.54, 1.807) is 42.5 Å². The maximum absolute atomic E-state index is 12.4. The molecule has 6 heteroatoms. The fourth-order valence-electron chi connectivity index (χ4n) is 2.74. The smallest absolute Gasteiger partial charge is 0.343 e. The summed E-state index contributed by atoms with van der Waals surface area (Å²) >= 11 is 0. The lowest BCUT2D eigenvalue weighted by atomic mass is 10.1. The maximum atomic E-state index is 12.4. The van der Waals surface area contributed by atoms with Crippen molar-refractivity contribution in [2.24, 2.45) is 4.99 Å². The number of esters is 1. The number of benzene rings is 3. The van der Waals surface area contributed by atoms with Gasteiger partial charge in [0.05, 0.1) is 18.4 Å². The van der Waals surface area contributed by atoms with Crippen LogP contribution in [-0.2, 0) is 9.78 Å². The molecule has 0 bridgehead atoms. The van der Waals surface area contributed by atoms with E-state index < -0.39 is 5.97 Å². The molecule has 0 aromatic heterocycles. The van der Waals surface area contributed by atoms with Crippen LogP contribution in [0.15, 0.2) is 89.6 Å². The van der Waals surface area contributed by atoms with Gasteiger partial charge in [0.25, 0.3) is 0 Å². The van der Waals surface area contributed by atoms with Gasteiger partial charge in [-0.15, -0.1) is 0 Å². The molecule has 6 nitrogen and oxygen atoms in total. The zero-order valence-electron chi connectivity index (χ0n) is 17.4. The highest BCUT2D eigenvalue weighted by atomic mass is 17.2. The number of carbonyl (C=O) groups excluding carboxylic acids is 1. The van der Waals surface area contributed by atoms with E-state index in [4.69, 9.17) is 14.4 Å². The molecule has 158 valence electrons. The molecule has 3 aromatic carbocycles. The molecule has 0 fully saturated rings. The number of rotatable bonds is 9. The van der Waals surface area contributed by atoms with Gasteiger partial charge in [0.1, 0.15) is 18.1 Å². The third-order valence-electron chi connectivity index (χ3n) is 4.43. The molecule has 0 aliphatic rings. The first-order chi connectivity index (χ1) is 15.1. The van der Waals surface area contributed by atoms with E-state index in [1.807, 2.05) is 43.3 Å². The van der Waals surface area contributed by atoms with Crippen molar-refractivity contribution in [1.29, 1.82) is 0 Å². The second-order valence-electron chi connectivity index (χ2n) is 6.44. The van der Waals surface area contributed by atoms with Gasteiger partial charge < -0.3 is 14.4 Å². The van der Waals surface area contributed by atoms with Crippen LogP contribution >= 0.6 is 0 Å². The van der Waals surface area contributed by atoms with Crippen LogP contribution in [0.1, 0.15) is 17.3 Å². The number of carbonyl (C=O) groups is 1. The van der Waals surface area contributed by atoms with Crippen LogP contribution in [0, 0.1) is 0 Å². The van der Waals surface area contributed by atoms with Gasteiger partial charge in [-0.25, -0.2) is 4.79 Å². The minimum Gasteiger partial charge on any atom is -0.486 e. The monoisotopic (exact) mass is 417 g/mol. The fraction of sp³-hybridized carbons (Fsp3) is 0.120. The van der Waals surface area contributed by atoms with Crippen molar-refractivity contribution in [3.8, 4) is 22.6 Å². The normalized spacial score (nSPS) is 11.0. The summed E-state index contributed by atoms with van der Waals surface area (Å²) in [6.45, 7) is 5.55. The summed E-state index contributed by atoms with van der Waals surface area (Å²) in [6.07, 6.45) is 1.74. The van der Waals surface area contributed by atoms with Crippen LogP contribution < -0.4 is 9.47 Å². The minimum absolute atomic E-state index is 0.216. The Kier molecular flexibility index (Phi) is 7.56. The van der Waals surface area contributed by atoms with Crippen LogP contribution in [0.3, 0.4) is 0 Å². The molecule has 0 unspecified atom stereocenters. The van der Waals surface area contributed by atoms with Gasteiger partial charge in [-0.05, 0) is 79.4 Å². The molecule has 0 N–H and O–H groups in total. The average molecular weight is 417 g/mol. The second kappa shape index (κ2) is 10.8. The van der Waals surface area contributed by atoms with Crippen molar-refractivity contribution >= 4 is 18.4 Å². The van der Waals surface area contributed by atoms with E-state index in [9.17, 15) is 4.79 Å². The van der Waals surface area contributed by atoms with Crippen molar-refractivity contribution in [3.05, 3.63) is 90.2 Å². The topological polar surface area (TPSA) is 66.4 Å². The molecule has 3 aromatic rings. The first-order valence-electron chi connectivity index (χ1n) is 9.61. The van der Waals surface area contributed by atoms with E-state index in [0.29, 0.717) is 22.8 Å². The molecule has 0 amide bonds. The van der Waals surface area contributed by atoms with Crippen LogP contribution in [0.5, 0.6) is 11.5 Å². The Bertz CT molecular complexity index is 1040. The molecule has 0 spiro atoms. The van der Waals surface area contributed by atoms with Crippen molar-refractivity contribution in [2.45, 2.75) is 6.92 Å². The van der Waals surface area contributed by atoms with Gasteiger partial charge in [-0.3, -0.25) is 4.99 Å². The molecule has 0 heterocycles. The van der Waals surface area contributed by atoms with Crippen LogP contribution in [-0.4, -0.2) is 26.4 Å². The highest BCUT2D eigenvalue weighted by Crippen LogP contribution is 2.25. The van der Waals surface area contributed by atoms with E-state index in [2.05, 4.69) is 16.6 Å². The van der Waals surface area contributed by atoms with Gasteiger partial charge in [0, 0.05) is 0 Å². The highest BCUT2D eigenvalue weighted by Gasteiger charge is 2.10. The lowest BCUT2D eigenvalue weighted by Crippen LogP contribution is -2.08. The number of hydrogen-bond donors (Lipinski definition) is 0. The molecule has 0 saturated carbocycles.